The molecule has 0 aliphatic carbocycles. The summed E-state index contributed by atoms with van der Waals surface area (Å²) in [5.74, 6) is -1.20. The zero-order valence-corrected chi connectivity index (χ0v) is 12.5. The normalized spacial score (nSPS) is 11.3. The number of halogens is 1. The molecule has 0 aliphatic heterocycles. The van der Waals surface area contributed by atoms with Crippen LogP contribution in [0.3, 0.4) is 0 Å². The van der Waals surface area contributed by atoms with Crippen LogP contribution < -0.4 is 4.72 Å². The summed E-state index contributed by atoms with van der Waals surface area (Å²) in [7, 11) is -2.41. The van der Waals surface area contributed by atoms with Gasteiger partial charge in [-0.2, -0.15) is 10.1 Å². The van der Waals surface area contributed by atoms with Gasteiger partial charge in [0.2, 0.25) is 5.95 Å². The molecule has 0 fully saturated rings. The van der Waals surface area contributed by atoms with Gasteiger partial charge in [-0.1, -0.05) is 0 Å². The summed E-state index contributed by atoms with van der Waals surface area (Å²) >= 11 is 3.05. The quantitative estimate of drug-likeness (QED) is 0.842. The lowest BCUT2D eigenvalue weighted by molar-refractivity contribution is 0.0695. The zero-order chi connectivity index (χ0) is 14.9. The second-order valence-electron chi connectivity index (χ2n) is 3.76. The van der Waals surface area contributed by atoms with E-state index in [1.165, 1.54) is 30.2 Å². The van der Waals surface area contributed by atoms with E-state index in [1.807, 2.05) is 0 Å². The predicted molar refractivity (Wildman–Crippen MR) is 72.9 cm³/mol. The van der Waals surface area contributed by atoms with Crippen molar-refractivity contribution in [2.45, 2.75) is 4.90 Å². The van der Waals surface area contributed by atoms with Gasteiger partial charge in [0.05, 0.1) is 10.5 Å². The molecule has 2 rings (SSSR count). The summed E-state index contributed by atoms with van der Waals surface area (Å²) in [6.45, 7) is 0. The van der Waals surface area contributed by atoms with E-state index in [0.29, 0.717) is 4.47 Å². The summed E-state index contributed by atoms with van der Waals surface area (Å²) in [6.07, 6.45) is 1.20. The van der Waals surface area contributed by atoms with Crippen molar-refractivity contribution in [1.29, 1.82) is 0 Å². The fraction of sp³-hybridized carbons (Fsp3) is 0.100. The van der Waals surface area contributed by atoms with Gasteiger partial charge in [0.15, 0.2) is 0 Å². The molecule has 106 valence electrons. The van der Waals surface area contributed by atoms with Crippen molar-refractivity contribution in [3.05, 3.63) is 34.6 Å². The van der Waals surface area contributed by atoms with E-state index in [1.54, 1.807) is 0 Å². The van der Waals surface area contributed by atoms with Crippen molar-refractivity contribution >= 4 is 37.9 Å². The number of aromatic nitrogens is 3. The van der Waals surface area contributed by atoms with Gasteiger partial charge in [0, 0.05) is 11.5 Å². The van der Waals surface area contributed by atoms with Crippen molar-refractivity contribution in [1.82, 2.24) is 14.8 Å². The molecule has 2 aromatic rings. The van der Waals surface area contributed by atoms with E-state index in [0.717, 1.165) is 6.07 Å². The van der Waals surface area contributed by atoms with Crippen LogP contribution >= 0.6 is 15.9 Å². The van der Waals surface area contributed by atoms with Gasteiger partial charge >= 0.3 is 5.97 Å². The van der Waals surface area contributed by atoms with Crippen LogP contribution in [-0.4, -0.2) is 34.3 Å². The Hall–Kier alpha value is -1.94. The van der Waals surface area contributed by atoms with Gasteiger partial charge in [-0.05, 0) is 34.1 Å². The molecule has 0 radical (unpaired) electrons. The number of carboxylic acid groups (broad SMARTS) is 1. The van der Waals surface area contributed by atoms with E-state index in [-0.39, 0.29) is 16.4 Å². The van der Waals surface area contributed by atoms with Crippen LogP contribution in [0.25, 0.3) is 0 Å². The monoisotopic (exact) mass is 360 g/mol. The second-order valence-corrected chi connectivity index (χ2v) is 6.30. The molecule has 1 heterocycles. The van der Waals surface area contributed by atoms with Gasteiger partial charge in [0.25, 0.3) is 10.0 Å². The summed E-state index contributed by atoms with van der Waals surface area (Å²) in [5.41, 5.74) is -0.147. The molecule has 8 nitrogen and oxygen atoms in total. The highest BCUT2D eigenvalue weighted by Gasteiger charge is 2.20. The first-order chi connectivity index (χ1) is 9.31. The first kappa shape index (κ1) is 14.5. The third-order valence-corrected chi connectivity index (χ3v) is 4.43. The van der Waals surface area contributed by atoms with Gasteiger partial charge in [0.1, 0.15) is 6.33 Å². The fourth-order valence-electron chi connectivity index (χ4n) is 1.40. The van der Waals surface area contributed by atoms with Crippen LogP contribution in [0.4, 0.5) is 5.95 Å². The number of hydrogen-bond donors (Lipinski definition) is 2. The Kier molecular flexibility index (Phi) is 3.77. The van der Waals surface area contributed by atoms with E-state index >= 15 is 0 Å². The van der Waals surface area contributed by atoms with Crippen LogP contribution in [0.5, 0.6) is 0 Å². The average molecular weight is 361 g/mol. The number of sulfonamides is 1. The van der Waals surface area contributed by atoms with E-state index in [4.69, 9.17) is 5.11 Å². The number of benzene rings is 1. The molecule has 0 aliphatic rings. The number of aromatic carboxylic acids is 1. The lowest BCUT2D eigenvalue weighted by Crippen LogP contribution is -2.16. The van der Waals surface area contributed by atoms with Crippen LogP contribution in [-0.2, 0) is 17.1 Å². The molecule has 20 heavy (non-hydrogen) atoms. The summed E-state index contributed by atoms with van der Waals surface area (Å²) < 4.78 is 28.0. The molecule has 0 amide bonds. The predicted octanol–water partition coefficient (Wildman–Crippen LogP) is 1.08. The third-order valence-electron chi connectivity index (χ3n) is 2.42. The lowest BCUT2D eigenvalue weighted by Gasteiger charge is -2.08. The zero-order valence-electron chi connectivity index (χ0n) is 10.1. The Labute approximate surface area is 122 Å². The van der Waals surface area contributed by atoms with Crippen molar-refractivity contribution in [3.63, 3.8) is 0 Å². The number of hydrogen-bond acceptors (Lipinski definition) is 5. The number of nitrogens with zero attached hydrogens (tertiary/aromatic N) is 3. The minimum Gasteiger partial charge on any atom is -0.478 e. The average Bonchev–Trinajstić information content (AvgIpc) is 2.74. The Morgan fingerprint density at radius 3 is 2.70 bits per heavy atom. The molecule has 1 aromatic carbocycles. The molecule has 0 unspecified atom stereocenters. The molecular weight excluding hydrogens is 352 g/mol. The Bertz CT molecular complexity index is 771. The van der Waals surface area contributed by atoms with Crippen LogP contribution in [0.2, 0.25) is 0 Å². The molecule has 2 N–H and O–H groups in total. The van der Waals surface area contributed by atoms with Gasteiger partial charge in [-0.3, -0.25) is 0 Å². The topological polar surface area (TPSA) is 114 Å². The maximum atomic E-state index is 12.1. The molecule has 0 spiro atoms. The Morgan fingerprint density at radius 1 is 1.45 bits per heavy atom. The van der Waals surface area contributed by atoms with E-state index in [2.05, 4.69) is 30.7 Å². The molecule has 0 bridgehead atoms. The molecule has 1 aromatic heterocycles. The highest BCUT2D eigenvalue weighted by Crippen LogP contribution is 2.22. The number of carbonyl (C=O) groups is 1. The number of anilines is 1. The first-order valence-electron chi connectivity index (χ1n) is 5.21. The molecular formula is C10H9BrN4O4S. The van der Waals surface area contributed by atoms with Gasteiger partial charge in [-0.15, -0.1) is 0 Å². The largest absolute Gasteiger partial charge is 0.478 e. The van der Waals surface area contributed by atoms with E-state index < -0.39 is 16.0 Å². The molecule has 0 atom stereocenters. The molecule has 0 saturated carbocycles. The standard InChI is InChI=1S/C10H9BrN4O4S/c1-15-10(12-5-13-15)14-20(18,19)6-2-3-8(11)7(4-6)9(16)17/h2-5H,1H3,(H,16,17)(H,12,13,14). The summed E-state index contributed by atoms with van der Waals surface area (Å²) in [4.78, 5) is 14.6. The Balaban J connectivity index is 2.42. The number of nitrogens with one attached hydrogen (secondary N) is 1. The fourth-order valence-corrected chi connectivity index (χ4v) is 2.88. The van der Waals surface area contributed by atoms with Crippen molar-refractivity contribution in [3.8, 4) is 0 Å². The number of aryl methyl sites for hydroxylation is 1. The van der Waals surface area contributed by atoms with Crippen molar-refractivity contribution in [2.75, 3.05) is 4.72 Å². The van der Waals surface area contributed by atoms with Crippen LogP contribution in [0.15, 0.2) is 33.9 Å². The molecule has 10 heteroatoms. The Morgan fingerprint density at radius 2 is 2.15 bits per heavy atom. The second kappa shape index (κ2) is 5.21. The smallest absolute Gasteiger partial charge is 0.336 e. The maximum Gasteiger partial charge on any atom is 0.336 e. The summed E-state index contributed by atoms with van der Waals surface area (Å²) in [6, 6.07) is 3.70. The van der Waals surface area contributed by atoms with Crippen LogP contribution in [0.1, 0.15) is 10.4 Å². The van der Waals surface area contributed by atoms with E-state index in [9.17, 15) is 13.2 Å². The first-order valence-corrected chi connectivity index (χ1v) is 7.48. The summed E-state index contributed by atoms with van der Waals surface area (Å²) in [5, 5.41) is 12.7. The van der Waals surface area contributed by atoms with Crippen molar-refractivity contribution < 1.29 is 18.3 Å². The number of carboxylic acids is 1. The maximum absolute atomic E-state index is 12.1. The third kappa shape index (κ3) is 2.80. The SMILES string of the molecule is Cn1ncnc1NS(=O)(=O)c1ccc(Br)c(C(=O)O)c1. The molecule has 0 saturated heterocycles. The highest BCUT2D eigenvalue weighted by atomic mass is 79.9. The minimum atomic E-state index is -3.94. The van der Waals surface area contributed by atoms with Gasteiger partial charge in [-0.25, -0.2) is 22.6 Å². The van der Waals surface area contributed by atoms with Crippen molar-refractivity contribution in [2.24, 2.45) is 7.05 Å². The minimum absolute atomic E-state index is 0.0322. The lowest BCUT2D eigenvalue weighted by atomic mass is 10.2. The van der Waals surface area contributed by atoms with Crippen LogP contribution in [0, 0.1) is 0 Å². The number of rotatable bonds is 4. The highest BCUT2D eigenvalue weighted by molar-refractivity contribution is 9.10. The van der Waals surface area contributed by atoms with Gasteiger partial charge < -0.3 is 5.11 Å².